The molecule has 0 aliphatic carbocycles. The molecule has 2 aromatic carbocycles. The van der Waals surface area contributed by atoms with Gasteiger partial charge in [-0.2, -0.15) is 0 Å². The van der Waals surface area contributed by atoms with Gasteiger partial charge in [-0.15, -0.1) is 23.4 Å². The van der Waals surface area contributed by atoms with E-state index >= 15 is 0 Å². The van der Waals surface area contributed by atoms with Crippen molar-refractivity contribution in [1.29, 1.82) is 0 Å². The van der Waals surface area contributed by atoms with E-state index in [1.54, 1.807) is 0 Å². The fraction of sp³-hybridized carbons (Fsp3) is 0.294. The van der Waals surface area contributed by atoms with E-state index < -0.39 is 0 Å². The van der Waals surface area contributed by atoms with Crippen molar-refractivity contribution in [2.45, 2.75) is 30.5 Å². The predicted octanol–water partition coefficient (Wildman–Crippen LogP) is 6.11. The lowest BCUT2D eigenvalue weighted by atomic mass is 10.2. The molecule has 0 saturated carbocycles. The summed E-state index contributed by atoms with van der Waals surface area (Å²) in [6, 6.07) is 16.1. The fourth-order valence-electron chi connectivity index (χ4n) is 1.74. The first kappa shape index (κ1) is 15.3. The number of hydrogen-bond donors (Lipinski definition) is 0. The molecule has 0 radical (unpaired) electrons. The van der Waals surface area contributed by atoms with Crippen LogP contribution in [0.2, 0.25) is 0 Å². The van der Waals surface area contributed by atoms with Crippen LogP contribution in [-0.2, 0) is 5.88 Å². The Morgan fingerprint density at radius 1 is 1.05 bits per heavy atom. The minimum Gasteiger partial charge on any atom is -0.457 e. The predicted molar refractivity (Wildman–Crippen MR) is 88.1 cm³/mol. The molecular formula is C17H19ClOS. The normalized spacial score (nSPS) is 10.5. The van der Waals surface area contributed by atoms with Crippen LogP contribution in [0.5, 0.6) is 11.5 Å². The van der Waals surface area contributed by atoms with E-state index in [1.807, 2.05) is 48.2 Å². The summed E-state index contributed by atoms with van der Waals surface area (Å²) in [5.41, 5.74) is 1.10. The van der Waals surface area contributed by atoms with Crippen LogP contribution in [0.3, 0.4) is 0 Å². The van der Waals surface area contributed by atoms with Crippen LogP contribution in [0.1, 0.15) is 25.3 Å². The van der Waals surface area contributed by atoms with Gasteiger partial charge in [0.1, 0.15) is 11.5 Å². The number of thioether (sulfide) groups is 1. The lowest BCUT2D eigenvalue weighted by Gasteiger charge is -2.08. The van der Waals surface area contributed by atoms with Crippen LogP contribution < -0.4 is 4.74 Å². The molecule has 0 atom stereocenters. The minimum atomic E-state index is 0.532. The molecule has 2 aromatic rings. The number of unbranched alkanes of at least 4 members (excludes halogenated alkanes) is 1. The third-order valence-corrected chi connectivity index (χ3v) is 4.27. The highest BCUT2D eigenvalue weighted by atomic mass is 35.5. The summed E-state index contributed by atoms with van der Waals surface area (Å²) in [6.45, 7) is 2.21. The van der Waals surface area contributed by atoms with Gasteiger partial charge in [-0.1, -0.05) is 31.5 Å². The minimum absolute atomic E-state index is 0.532. The van der Waals surface area contributed by atoms with Crippen molar-refractivity contribution in [3.63, 3.8) is 0 Å². The number of rotatable bonds is 7. The van der Waals surface area contributed by atoms with Crippen molar-refractivity contribution in [1.82, 2.24) is 0 Å². The van der Waals surface area contributed by atoms with Gasteiger partial charge in [0, 0.05) is 10.8 Å². The summed E-state index contributed by atoms with van der Waals surface area (Å²) >= 11 is 7.66. The molecule has 0 aliphatic heterocycles. The van der Waals surface area contributed by atoms with Crippen LogP contribution in [0.15, 0.2) is 53.4 Å². The standard InChI is InChI=1S/C17H19ClOS/c1-2-3-11-20-17-6-4-5-16(12-17)19-15-9-7-14(13-18)8-10-15/h4-10,12H,2-3,11,13H2,1H3. The molecule has 106 valence electrons. The molecule has 0 heterocycles. The van der Waals surface area contributed by atoms with Gasteiger partial charge in [0.2, 0.25) is 0 Å². The Balaban J connectivity index is 1.99. The molecule has 3 heteroatoms. The molecule has 0 N–H and O–H groups in total. The molecule has 0 spiro atoms. The summed E-state index contributed by atoms with van der Waals surface area (Å²) in [7, 11) is 0. The summed E-state index contributed by atoms with van der Waals surface area (Å²) in [6.07, 6.45) is 2.48. The Hall–Kier alpha value is -1.12. The smallest absolute Gasteiger partial charge is 0.128 e. The average Bonchev–Trinajstić information content (AvgIpc) is 2.49. The van der Waals surface area contributed by atoms with Gasteiger partial charge in [-0.25, -0.2) is 0 Å². The maximum Gasteiger partial charge on any atom is 0.128 e. The van der Waals surface area contributed by atoms with E-state index in [-0.39, 0.29) is 0 Å². The van der Waals surface area contributed by atoms with Crippen molar-refractivity contribution >= 4 is 23.4 Å². The largest absolute Gasteiger partial charge is 0.457 e. The van der Waals surface area contributed by atoms with Gasteiger partial charge in [0.25, 0.3) is 0 Å². The van der Waals surface area contributed by atoms with E-state index in [4.69, 9.17) is 16.3 Å². The van der Waals surface area contributed by atoms with E-state index in [9.17, 15) is 0 Å². The van der Waals surface area contributed by atoms with Gasteiger partial charge in [-0.05, 0) is 48.1 Å². The first-order valence-electron chi connectivity index (χ1n) is 6.87. The number of halogens is 1. The monoisotopic (exact) mass is 306 g/mol. The van der Waals surface area contributed by atoms with E-state index in [1.165, 1.54) is 17.7 Å². The molecule has 0 aromatic heterocycles. The Labute approximate surface area is 130 Å². The second-order valence-electron chi connectivity index (χ2n) is 4.56. The summed E-state index contributed by atoms with van der Waals surface area (Å²) in [5.74, 6) is 3.41. The Morgan fingerprint density at radius 2 is 1.85 bits per heavy atom. The van der Waals surface area contributed by atoms with Gasteiger partial charge in [-0.3, -0.25) is 0 Å². The maximum absolute atomic E-state index is 5.87. The zero-order valence-electron chi connectivity index (χ0n) is 11.6. The summed E-state index contributed by atoms with van der Waals surface area (Å²) in [4.78, 5) is 1.26. The summed E-state index contributed by atoms with van der Waals surface area (Å²) in [5, 5.41) is 0. The molecule has 0 bridgehead atoms. The van der Waals surface area contributed by atoms with Crippen molar-refractivity contribution in [2.24, 2.45) is 0 Å². The molecule has 0 amide bonds. The average molecular weight is 307 g/mol. The van der Waals surface area contributed by atoms with Gasteiger partial charge in [0.15, 0.2) is 0 Å². The van der Waals surface area contributed by atoms with Crippen LogP contribution in [0.25, 0.3) is 0 Å². The Kier molecular flexibility index (Phi) is 6.28. The second kappa shape index (κ2) is 8.23. The molecule has 0 aliphatic rings. The fourth-order valence-corrected chi connectivity index (χ4v) is 2.97. The summed E-state index contributed by atoms with van der Waals surface area (Å²) < 4.78 is 5.87. The van der Waals surface area contributed by atoms with Crippen molar-refractivity contribution < 1.29 is 4.74 Å². The quantitative estimate of drug-likeness (QED) is 0.347. The number of ether oxygens (including phenoxy) is 1. The van der Waals surface area contributed by atoms with E-state index in [2.05, 4.69) is 19.1 Å². The highest BCUT2D eigenvalue weighted by Crippen LogP contribution is 2.27. The van der Waals surface area contributed by atoms with Crippen LogP contribution in [-0.4, -0.2) is 5.75 Å². The third kappa shape index (κ3) is 4.77. The van der Waals surface area contributed by atoms with Crippen LogP contribution in [0, 0.1) is 0 Å². The Bertz CT molecular complexity index is 525. The lowest BCUT2D eigenvalue weighted by Crippen LogP contribution is -1.86. The SMILES string of the molecule is CCCCSc1cccc(Oc2ccc(CCl)cc2)c1. The highest BCUT2D eigenvalue weighted by molar-refractivity contribution is 7.99. The molecule has 20 heavy (non-hydrogen) atoms. The van der Waals surface area contributed by atoms with E-state index in [0.29, 0.717) is 5.88 Å². The van der Waals surface area contributed by atoms with Crippen LogP contribution in [0.4, 0.5) is 0 Å². The van der Waals surface area contributed by atoms with Crippen molar-refractivity contribution in [2.75, 3.05) is 5.75 Å². The maximum atomic E-state index is 5.87. The van der Waals surface area contributed by atoms with E-state index in [0.717, 1.165) is 22.8 Å². The molecule has 0 fully saturated rings. The number of benzene rings is 2. The zero-order chi connectivity index (χ0) is 14.2. The molecule has 0 saturated heterocycles. The first-order chi connectivity index (χ1) is 9.81. The van der Waals surface area contributed by atoms with Gasteiger partial charge in [0.05, 0.1) is 0 Å². The molecule has 0 unspecified atom stereocenters. The molecular weight excluding hydrogens is 288 g/mol. The lowest BCUT2D eigenvalue weighted by molar-refractivity contribution is 0.481. The van der Waals surface area contributed by atoms with Crippen molar-refractivity contribution in [3.05, 3.63) is 54.1 Å². The number of alkyl halides is 1. The zero-order valence-corrected chi connectivity index (χ0v) is 13.2. The topological polar surface area (TPSA) is 9.23 Å². The highest BCUT2D eigenvalue weighted by Gasteiger charge is 2.00. The number of hydrogen-bond acceptors (Lipinski definition) is 2. The van der Waals surface area contributed by atoms with Crippen LogP contribution >= 0.6 is 23.4 Å². The molecule has 1 nitrogen and oxygen atoms in total. The second-order valence-corrected chi connectivity index (χ2v) is 5.99. The van der Waals surface area contributed by atoms with Gasteiger partial charge < -0.3 is 4.74 Å². The first-order valence-corrected chi connectivity index (χ1v) is 8.39. The third-order valence-electron chi connectivity index (χ3n) is 2.89. The van der Waals surface area contributed by atoms with Gasteiger partial charge >= 0.3 is 0 Å². The van der Waals surface area contributed by atoms with Crippen molar-refractivity contribution in [3.8, 4) is 11.5 Å². The molecule has 2 rings (SSSR count). The Morgan fingerprint density at radius 3 is 2.55 bits per heavy atom.